The molecular weight excluding hydrogens is 216 g/mol. The largest absolute Gasteiger partial charge is 0.472 e. The minimum absolute atomic E-state index is 2.17. The van der Waals surface area contributed by atoms with Crippen molar-refractivity contribution in [3.8, 4) is 0 Å². The Balaban J connectivity index is 4.00. The van der Waals surface area contributed by atoms with Crippen LogP contribution in [0.1, 0.15) is 0 Å². The second-order valence-electron chi connectivity index (χ2n) is 1.56. The quantitative estimate of drug-likeness (QED) is 0.280. The molecule has 0 spiro atoms. The average Bonchev–Trinajstić information content (AvgIpc) is 1.49. The molecule has 0 saturated carbocycles. The summed E-state index contributed by atoms with van der Waals surface area (Å²) in [5.74, 6) is 0. The maximum Gasteiger partial charge on any atom is 0.472 e. The van der Waals surface area contributed by atoms with Gasteiger partial charge in [-0.25, -0.2) is 18.2 Å². The molecule has 12 heavy (non-hydrogen) atoms. The van der Waals surface area contributed by atoms with Crippen molar-refractivity contribution in [3.05, 3.63) is 0 Å². The minimum Gasteiger partial charge on any atom is -0.303 e. The predicted octanol–water partition coefficient (Wildman–Crippen LogP) is -1.55. The van der Waals surface area contributed by atoms with E-state index in [9.17, 15) is 9.13 Å². The lowest BCUT2D eigenvalue weighted by Crippen LogP contribution is -2.24. The van der Waals surface area contributed by atoms with Gasteiger partial charge in [-0.2, -0.15) is 0 Å². The zero-order valence-electron chi connectivity index (χ0n) is 5.47. The minimum atomic E-state index is -4.90. The SMILES string of the molecule is NC(OP(=O)(O)O)OP(=O)(O)O. The summed E-state index contributed by atoms with van der Waals surface area (Å²) in [6.45, 7) is 0. The highest BCUT2D eigenvalue weighted by atomic mass is 31.2. The third kappa shape index (κ3) is 8.28. The van der Waals surface area contributed by atoms with Crippen LogP contribution in [0.5, 0.6) is 0 Å². The summed E-state index contributed by atoms with van der Waals surface area (Å²) in [6, 6.07) is 0. The van der Waals surface area contributed by atoms with Crippen LogP contribution >= 0.6 is 15.6 Å². The molecule has 0 aliphatic heterocycles. The maximum atomic E-state index is 9.99. The van der Waals surface area contributed by atoms with Gasteiger partial charge in [-0.05, 0) is 0 Å². The second kappa shape index (κ2) is 3.93. The van der Waals surface area contributed by atoms with Gasteiger partial charge < -0.3 is 19.6 Å². The van der Waals surface area contributed by atoms with Gasteiger partial charge in [0.25, 0.3) is 0 Å². The first-order valence-corrected chi connectivity index (χ1v) is 5.40. The van der Waals surface area contributed by atoms with Crippen molar-refractivity contribution in [2.75, 3.05) is 0 Å². The van der Waals surface area contributed by atoms with E-state index in [1.807, 2.05) is 0 Å². The molecule has 0 heterocycles. The van der Waals surface area contributed by atoms with Gasteiger partial charge in [-0.1, -0.05) is 0 Å². The van der Waals surface area contributed by atoms with E-state index in [4.69, 9.17) is 19.6 Å². The van der Waals surface area contributed by atoms with Crippen LogP contribution in [-0.2, 0) is 18.2 Å². The van der Waals surface area contributed by atoms with Gasteiger partial charge in [0.15, 0.2) is 0 Å². The molecule has 0 aromatic rings. The van der Waals surface area contributed by atoms with Crippen LogP contribution in [0, 0.1) is 0 Å². The summed E-state index contributed by atoms with van der Waals surface area (Å²) in [4.78, 5) is 32.2. The molecule has 0 atom stereocenters. The normalized spacial score (nSPS) is 13.8. The van der Waals surface area contributed by atoms with Crippen LogP contribution in [-0.4, -0.2) is 26.0 Å². The molecule has 0 bridgehead atoms. The Morgan fingerprint density at radius 1 is 1.00 bits per heavy atom. The van der Waals surface area contributed by atoms with Gasteiger partial charge in [0, 0.05) is 0 Å². The second-order valence-corrected chi connectivity index (χ2v) is 3.94. The third-order valence-electron chi connectivity index (χ3n) is 0.482. The van der Waals surface area contributed by atoms with Crippen LogP contribution in [0.15, 0.2) is 0 Å². The van der Waals surface area contributed by atoms with E-state index in [2.05, 4.69) is 14.8 Å². The van der Waals surface area contributed by atoms with E-state index in [1.54, 1.807) is 0 Å². The van der Waals surface area contributed by atoms with Crippen LogP contribution in [0.3, 0.4) is 0 Å². The molecule has 74 valence electrons. The van der Waals surface area contributed by atoms with Gasteiger partial charge >= 0.3 is 15.6 Å². The monoisotopic (exact) mass is 223 g/mol. The number of phosphoric ester groups is 2. The first kappa shape index (κ1) is 12.2. The average molecular weight is 223 g/mol. The van der Waals surface area contributed by atoms with Gasteiger partial charge in [-0.15, -0.1) is 0 Å². The number of nitrogens with two attached hydrogens (primary N) is 1. The summed E-state index contributed by atoms with van der Waals surface area (Å²) in [5, 5.41) is 0. The van der Waals surface area contributed by atoms with Crippen molar-refractivity contribution in [1.29, 1.82) is 0 Å². The van der Waals surface area contributed by atoms with Crippen LogP contribution in [0.2, 0.25) is 0 Å². The molecule has 0 saturated heterocycles. The Labute approximate surface area is 66.6 Å². The molecule has 0 unspecified atom stereocenters. The van der Waals surface area contributed by atoms with Crippen LogP contribution < -0.4 is 5.73 Å². The Hall–Kier alpha value is 0.180. The molecule has 9 nitrogen and oxygen atoms in total. The Morgan fingerprint density at radius 3 is 1.42 bits per heavy atom. The lowest BCUT2D eigenvalue weighted by atomic mass is 11.2. The highest BCUT2D eigenvalue weighted by molar-refractivity contribution is 7.47. The van der Waals surface area contributed by atoms with Gasteiger partial charge in [0.1, 0.15) is 0 Å². The Morgan fingerprint density at radius 2 is 1.25 bits per heavy atom. The van der Waals surface area contributed by atoms with Crippen molar-refractivity contribution < 1.29 is 37.8 Å². The van der Waals surface area contributed by atoms with Gasteiger partial charge in [-0.3, -0.25) is 5.73 Å². The molecule has 0 fully saturated rings. The van der Waals surface area contributed by atoms with Gasteiger partial charge in [0.2, 0.25) is 6.41 Å². The topological polar surface area (TPSA) is 160 Å². The first-order valence-electron chi connectivity index (χ1n) is 2.34. The van der Waals surface area contributed by atoms with Gasteiger partial charge in [0.05, 0.1) is 0 Å². The third-order valence-corrected chi connectivity index (χ3v) is 1.45. The lowest BCUT2D eigenvalue weighted by molar-refractivity contribution is -0.0278. The van der Waals surface area contributed by atoms with E-state index >= 15 is 0 Å². The van der Waals surface area contributed by atoms with E-state index in [-0.39, 0.29) is 0 Å². The molecule has 0 aliphatic carbocycles. The van der Waals surface area contributed by atoms with E-state index in [1.165, 1.54) is 0 Å². The van der Waals surface area contributed by atoms with Crippen molar-refractivity contribution in [2.24, 2.45) is 5.73 Å². The van der Waals surface area contributed by atoms with Crippen molar-refractivity contribution in [1.82, 2.24) is 0 Å². The molecule has 0 aromatic heterocycles. The smallest absolute Gasteiger partial charge is 0.303 e. The Kier molecular flexibility index (Phi) is 3.98. The van der Waals surface area contributed by atoms with Crippen molar-refractivity contribution in [2.45, 2.75) is 6.41 Å². The fraction of sp³-hybridized carbons (Fsp3) is 1.00. The first-order chi connectivity index (χ1) is 5.10. The molecule has 0 aromatic carbocycles. The summed E-state index contributed by atoms with van der Waals surface area (Å²) in [7, 11) is -9.80. The predicted molar refractivity (Wildman–Crippen MR) is 34.2 cm³/mol. The molecular formula is CH7NO8P2. The number of rotatable bonds is 4. The zero-order valence-corrected chi connectivity index (χ0v) is 7.26. The molecule has 0 rings (SSSR count). The van der Waals surface area contributed by atoms with Crippen molar-refractivity contribution >= 4 is 15.6 Å². The fourth-order valence-corrected chi connectivity index (χ4v) is 0.985. The summed E-state index contributed by atoms with van der Waals surface area (Å²) in [5.41, 5.74) is 4.62. The summed E-state index contributed by atoms with van der Waals surface area (Å²) >= 11 is 0. The zero-order chi connectivity index (χ0) is 9.99. The highest BCUT2D eigenvalue weighted by Gasteiger charge is 2.26. The molecule has 6 N–H and O–H groups in total. The maximum absolute atomic E-state index is 9.99. The molecule has 11 heteroatoms. The van der Waals surface area contributed by atoms with Crippen LogP contribution in [0.4, 0.5) is 0 Å². The number of hydrogen-bond acceptors (Lipinski definition) is 5. The van der Waals surface area contributed by atoms with E-state index < -0.39 is 22.1 Å². The van der Waals surface area contributed by atoms with Crippen molar-refractivity contribution in [3.63, 3.8) is 0 Å². The molecule has 0 amide bonds. The molecule has 0 aliphatic rings. The number of phosphoric acid groups is 2. The molecule has 0 radical (unpaired) electrons. The summed E-state index contributed by atoms with van der Waals surface area (Å²) in [6.07, 6.45) is -2.17. The summed E-state index contributed by atoms with van der Waals surface area (Å²) < 4.78 is 27.1. The van der Waals surface area contributed by atoms with E-state index in [0.717, 1.165) is 0 Å². The highest BCUT2D eigenvalue weighted by Crippen LogP contribution is 2.42. The van der Waals surface area contributed by atoms with Crippen LogP contribution in [0.25, 0.3) is 0 Å². The lowest BCUT2D eigenvalue weighted by Gasteiger charge is -2.13. The number of hydrogen-bond donors (Lipinski definition) is 5. The van der Waals surface area contributed by atoms with E-state index in [0.29, 0.717) is 0 Å². The Bertz CT molecular complexity index is 201. The standard InChI is InChI=1S/CH7NO8P2/c2-1(9-11(3,4)5)10-12(6,7)8/h1H,2H2,(H2,3,4,5)(H2,6,7,8). The fourth-order valence-electron chi connectivity index (χ4n) is 0.290.